The maximum Gasteiger partial charge on any atom is 0.162 e. The van der Waals surface area contributed by atoms with Crippen molar-refractivity contribution < 1.29 is 19.8 Å². The Kier molecular flexibility index (Phi) is 13.4. The second kappa shape index (κ2) is 18.0. The predicted octanol–water partition coefficient (Wildman–Crippen LogP) is 8.70. The number of carbonyl (C=O) groups excluding carboxylic acids is 2. The predicted molar refractivity (Wildman–Crippen MR) is 237 cm³/mol. The van der Waals surface area contributed by atoms with Gasteiger partial charge in [-0.15, -0.1) is 20.4 Å². The summed E-state index contributed by atoms with van der Waals surface area (Å²) in [5.41, 5.74) is -0.528. The van der Waals surface area contributed by atoms with Crippen LogP contribution in [0.3, 0.4) is 0 Å². The van der Waals surface area contributed by atoms with Crippen LogP contribution >= 0.6 is 15.9 Å². The summed E-state index contributed by atoms with van der Waals surface area (Å²) in [7, 11) is 0. The number of Topliss-reactive ketones (excluding diaryl/α,β-unsaturated/α-hetero) is 2. The van der Waals surface area contributed by atoms with E-state index in [1.54, 1.807) is 0 Å². The van der Waals surface area contributed by atoms with Gasteiger partial charge < -0.3 is 10.2 Å². The number of alkyl halides is 1. The quantitative estimate of drug-likeness (QED) is 0.228. The van der Waals surface area contributed by atoms with E-state index in [0.29, 0.717) is 34.7 Å². The fourth-order valence-electron chi connectivity index (χ4n) is 17.3. The topological polar surface area (TPSA) is 173 Å². The second-order valence-electron chi connectivity index (χ2n) is 22.8. The molecule has 3 N–H and O–H groups in total. The van der Waals surface area contributed by atoms with Crippen molar-refractivity contribution in [3.63, 3.8) is 0 Å². The first-order valence-electron chi connectivity index (χ1n) is 24.6. The van der Waals surface area contributed by atoms with Gasteiger partial charge in [-0.3, -0.25) is 9.59 Å². The normalized spacial score (nSPS) is 47.0. The Labute approximate surface area is 373 Å². The van der Waals surface area contributed by atoms with Crippen molar-refractivity contribution in [2.75, 3.05) is 5.33 Å². The number of rotatable bonds is 7. The molecule has 2 aromatic heterocycles. The molecule has 13 heteroatoms. The zero-order chi connectivity index (χ0) is 43.3. The number of aromatic amines is 1. The standard InChI is InChI=1S/C24H38N4O2.C23H37BrO2.CH2N4/c1-4-15-11-20(21(29)13-28-26-14-25-27-28)24(3)10-8-18-17-7-9-23(2,30)12-16(17)5-6-19(18)22(15)24;1-4-14-11-19(20(25)13-24)23(3)10-8-17-16-7-9-22(2,26)12-15(16)5-6-18(17)21(14)23;1-2-4-5-3-1/h14-20,22,30H,4-13H2,1-3H3;14-19,21,26H,4-13H2,1-3H3;1H,(H,2,3,4,5)/t15-,16-,17+,18-,19-,20-,22+,23-,24-;14-,15-,16+,17-,18-,19-,21+,22-,23-;/m11./s1. The van der Waals surface area contributed by atoms with E-state index in [9.17, 15) is 19.8 Å². The first-order chi connectivity index (χ1) is 29.1. The highest BCUT2D eigenvalue weighted by Crippen LogP contribution is 2.68. The van der Waals surface area contributed by atoms with Crippen LogP contribution in [-0.2, 0) is 16.1 Å². The van der Waals surface area contributed by atoms with Crippen LogP contribution < -0.4 is 0 Å². The maximum atomic E-state index is 13.3. The van der Waals surface area contributed by atoms with Crippen molar-refractivity contribution in [2.24, 2.45) is 93.7 Å². The first kappa shape index (κ1) is 45.4. The molecule has 0 bridgehead atoms. The number of ketones is 2. The van der Waals surface area contributed by atoms with Gasteiger partial charge in [0.1, 0.15) is 12.3 Å². The number of halogens is 1. The lowest BCUT2D eigenvalue weighted by Gasteiger charge is -2.57. The Bertz CT molecular complexity index is 1760. The van der Waals surface area contributed by atoms with E-state index in [2.05, 4.69) is 79.7 Å². The van der Waals surface area contributed by atoms with E-state index >= 15 is 0 Å². The first-order valence-corrected chi connectivity index (χ1v) is 25.7. The molecule has 18 atom stereocenters. The monoisotopic (exact) mass is 909 g/mol. The molecule has 0 unspecified atom stereocenters. The zero-order valence-corrected chi connectivity index (χ0v) is 39.7. The molecule has 8 aliphatic rings. The summed E-state index contributed by atoms with van der Waals surface area (Å²) in [5.74, 6) is 10.3. The molecule has 340 valence electrons. The van der Waals surface area contributed by atoms with Gasteiger partial charge in [0.05, 0.1) is 16.5 Å². The van der Waals surface area contributed by atoms with E-state index < -0.39 is 11.2 Å². The molecule has 8 saturated carbocycles. The third kappa shape index (κ3) is 8.73. The largest absolute Gasteiger partial charge is 0.390 e. The Morgan fingerprint density at radius 3 is 1.59 bits per heavy atom. The molecular formula is C48H77BrN8O4. The molecule has 12 nitrogen and oxygen atoms in total. The van der Waals surface area contributed by atoms with Crippen LogP contribution in [0.5, 0.6) is 0 Å². The van der Waals surface area contributed by atoms with Gasteiger partial charge in [-0.05, 0) is 204 Å². The average molecular weight is 910 g/mol. The lowest BCUT2D eigenvalue weighted by molar-refractivity contribution is -0.134. The Hall–Kier alpha value is -2.12. The van der Waals surface area contributed by atoms with Crippen molar-refractivity contribution in [3.8, 4) is 0 Å². The molecule has 2 heterocycles. The van der Waals surface area contributed by atoms with E-state index in [-0.39, 0.29) is 29.2 Å². The molecule has 0 aliphatic heterocycles. The summed E-state index contributed by atoms with van der Waals surface area (Å²) in [6, 6.07) is 0. The van der Waals surface area contributed by atoms with E-state index in [1.165, 1.54) is 94.5 Å². The number of hydrogen-bond acceptors (Lipinski definition) is 10. The van der Waals surface area contributed by atoms with Crippen LogP contribution in [0.2, 0.25) is 0 Å². The minimum Gasteiger partial charge on any atom is -0.390 e. The lowest BCUT2D eigenvalue weighted by Crippen LogP contribution is -2.52. The number of aliphatic hydroxyl groups is 2. The SMILES string of the molecule is CC[C@@H]1C[C@H](C(=O)CBr)[C@@]2(C)CC[C@H]3[C@@H](CC[C@@H]4C[C@](C)(O)CC[C@@H]43)[C@H]12.CC[C@@H]1C[C@H](C(=O)Cn2ncnn2)[C@@]2(C)CC[C@H]3[C@@H](CC[C@@H]4C[C@](C)(O)CC[C@@H]43)[C@H]12.c1nn[nH]n1. The minimum atomic E-state index is -0.455. The number of hydrogen-bond donors (Lipinski definition) is 3. The lowest BCUT2D eigenvalue weighted by atomic mass is 9.48. The maximum absolute atomic E-state index is 13.3. The molecule has 0 aromatic carbocycles. The van der Waals surface area contributed by atoms with Crippen molar-refractivity contribution in [1.29, 1.82) is 0 Å². The van der Waals surface area contributed by atoms with Crippen LogP contribution in [-0.4, -0.2) is 79.1 Å². The number of tetrazole rings is 2. The fraction of sp³-hybridized carbons (Fsp3) is 0.917. The third-order valence-corrected chi connectivity index (χ3v) is 20.2. The molecule has 0 saturated heterocycles. The van der Waals surface area contributed by atoms with E-state index in [0.717, 1.165) is 91.8 Å². The summed E-state index contributed by atoms with van der Waals surface area (Å²) in [5, 5.41) is 45.7. The summed E-state index contributed by atoms with van der Waals surface area (Å²) >= 11 is 3.46. The minimum absolute atomic E-state index is 0.118. The molecule has 61 heavy (non-hydrogen) atoms. The molecule has 0 radical (unpaired) electrons. The molecule has 8 aliphatic carbocycles. The smallest absolute Gasteiger partial charge is 0.162 e. The van der Waals surface area contributed by atoms with E-state index in [1.807, 2.05) is 13.8 Å². The summed E-state index contributed by atoms with van der Waals surface area (Å²) in [6.45, 7) is 13.9. The third-order valence-electron chi connectivity index (χ3n) is 19.7. The van der Waals surface area contributed by atoms with Gasteiger partial charge in [0, 0.05) is 11.8 Å². The Morgan fingerprint density at radius 1 is 0.672 bits per heavy atom. The second-order valence-corrected chi connectivity index (χ2v) is 23.3. The Balaban J connectivity index is 0.000000152. The average Bonchev–Trinajstić information content (AvgIpc) is 4.07. The van der Waals surface area contributed by atoms with Gasteiger partial charge in [-0.25, -0.2) is 0 Å². The molecule has 10 rings (SSSR count). The molecule has 0 spiro atoms. The van der Waals surface area contributed by atoms with Gasteiger partial charge in [-0.2, -0.15) is 10.0 Å². The van der Waals surface area contributed by atoms with Gasteiger partial charge >= 0.3 is 0 Å². The number of nitrogens with one attached hydrogen (secondary N) is 1. The van der Waals surface area contributed by atoms with Gasteiger partial charge in [-0.1, -0.05) is 61.7 Å². The van der Waals surface area contributed by atoms with E-state index in [4.69, 9.17) is 0 Å². The molecule has 8 fully saturated rings. The summed E-state index contributed by atoms with van der Waals surface area (Å²) < 4.78 is 0. The highest BCUT2D eigenvalue weighted by molar-refractivity contribution is 9.09. The van der Waals surface area contributed by atoms with Gasteiger partial charge in [0.2, 0.25) is 0 Å². The molecule has 2 aromatic rings. The number of fused-ring (bicyclic) bond motifs is 10. The fourth-order valence-corrected chi connectivity index (χ4v) is 17.7. The summed E-state index contributed by atoms with van der Waals surface area (Å²) in [6.07, 6.45) is 23.9. The van der Waals surface area contributed by atoms with Crippen LogP contribution in [0.15, 0.2) is 12.7 Å². The number of H-pyrrole nitrogens is 1. The van der Waals surface area contributed by atoms with Crippen molar-refractivity contribution in [2.45, 2.75) is 175 Å². The number of nitrogens with zero attached hydrogens (tertiary/aromatic N) is 7. The highest BCUT2D eigenvalue weighted by atomic mass is 79.9. The highest BCUT2D eigenvalue weighted by Gasteiger charge is 2.63. The van der Waals surface area contributed by atoms with Crippen molar-refractivity contribution in [1.82, 2.24) is 40.8 Å². The van der Waals surface area contributed by atoms with Crippen LogP contribution in [0, 0.1) is 93.7 Å². The number of carbonyl (C=O) groups is 2. The number of aromatic nitrogens is 8. The zero-order valence-electron chi connectivity index (χ0n) is 38.1. The molecule has 0 amide bonds. The summed E-state index contributed by atoms with van der Waals surface area (Å²) in [4.78, 5) is 27.5. The van der Waals surface area contributed by atoms with Crippen LogP contribution in [0.1, 0.15) is 157 Å². The van der Waals surface area contributed by atoms with Crippen molar-refractivity contribution >= 4 is 27.5 Å². The van der Waals surface area contributed by atoms with Crippen molar-refractivity contribution in [3.05, 3.63) is 12.7 Å². The molecular weight excluding hydrogens is 832 g/mol. The van der Waals surface area contributed by atoms with Crippen LogP contribution in [0.4, 0.5) is 0 Å². The van der Waals surface area contributed by atoms with Gasteiger partial charge in [0.15, 0.2) is 18.4 Å². The van der Waals surface area contributed by atoms with Crippen LogP contribution in [0.25, 0.3) is 0 Å². The van der Waals surface area contributed by atoms with Gasteiger partial charge in [0.25, 0.3) is 0 Å². The Morgan fingerprint density at radius 2 is 1.18 bits per heavy atom.